The van der Waals surface area contributed by atoms with Crippen LogP contribution < -0.4 is 4.72 Å². The van der Waals surface area contributed by atoms with Crippen molar-refractivity contribution in [3.05, 3.63) is 0 Å². The van der Waals surface area contributed by atoms with Crippen LogP contribution in [0.4, 0.5) is 0 Å². The highest BCUT2D eigenvalue weighted by Crippen LogP contribution is 2.35. The lowest BCUT2D eigenvalue weighted by atomic mass is 9.80. The fourth-order valence-corrected chi connectivity index (χ4v) is 3.39. The van der Waals surface area contributed by atoms with Gasteiger partial charge in [-0.1, -0.05) is 13.8 Å². The summed E-state index contributed by atoms with van der Waals surface area (Å²) in [6, 6.07) is 0. The standard InChI is InChI=1S/C11H23NO3S/c1-9(13)7-10(2,3)8-11(4,5)16(14,15)12-6/h12H,7-8H2,1-6H3. The summed E-state index contributed by atoms with van der Waals surface area (Å²) in [6.07, 6.45) is 0.846. The molecule has 0 aliphatic rings. The van der Waals surface area contributed by atoms with Crippen LogP contribution in [-0.2, 0) is 14.8 Å². The average Bonchev–Trinajstić information content (AvgIpc) is 1.98. The average molecular weight is 249 g/mol. The van der Waals surface area contributed by atoms with Gasteiger partial charge in [-0.05, 0) is 39.7 Å². The molecule has 0 unspecified atom stereocenters. The molecule has 0 saturated heterocycles. The molecule has 1 N–H and O–H groups in total. The number of Topliss-reactive ketones (excluding diaryl/α,β-unsaturated/α-hetero) is 1. The fraction of sp³-hybridized carbons (Fsp3) is 0.909. The van der Waals surface area contributed by atoms with Gasteiger partial charge in [0.15, 0.2) is 0 Å². The summed E-state index contributed by atoms with van der Waals surface area (Å²) in [5, 5.41) is 0. The number of rotatable bonds is 6. The van der Waals surface area contributed by atoms with E-state index in [9.17, 15) is 13.2 Å². The van der Waals surface area contributed by atoms with Gasteiger partial charge in [0.05, 0.1) is 4.75 Å². The van der Waals surface area contributed by atoms with Crippen molar-refractivity contribution in [3.8, 4) is 0 Å². The summed E-state index contributed by atoms with van der Waals surface area (Å²) in [5.41, 5.74) is -0.306. The molecule has 0 heterocycles. The zero-order chi connectivity index (χ0) is 13.2. The number of hydrogen-bond acceptors (Lipinski definition) is 3. The van der Waals surface area contributed by atoms with Crippen molar-refractivity contribution in [1.29, 1.82) is 0 Å². The van der Waals surface area contributed by atoms with Crippen LogP contribution in [0.2, 0.25) is 0 Å². The highest BCUT2D eigenvalue weighted by molar-refractivity contribution is 7.90. The molecule has 0 aromatic heterocycles. The van der Waals surface area contributed by atoms with E-state index in [0.29, 0.717) is 12.8 Å². The van der Waals surface area contributed by atoms with Gasteiger partial charge < -0.3 is 4.79 Å². The molecule has 16 heavy (non-hydrogen) atoms. The van der Waals surface area contributed by atoms with Gasteiger partial charge in [0.1, 0.15) is 5.78 Å². The van der Waals surface area contributed by atoms with Crippen LogP contribution in [0, 0.1) is 5.41 Å². The van der Waals surface area contributed by atoms with E-state index < -0.39 is 14.8 Å². The molecule has 0 atom stereocenters. The minimum atomic E-state index is -3.33. The van der Waals surface area contributed by atoms with E-state index in [1.165, 1.54) is 14.0 Å². The maximum atomic E-state index is 11.8. The van der Waals surface area contributed by atoms with Crippen LogP contribution >= 0.6 is 0 Å². The molecule has 0 amide bonds. The molecule has 0 rings (SSSR count). The third-order valence-electron chi connectivity index (χ3n) is 2.63. The molecule has 0 bridgehead atoms. The zero-order valence-corrected chi connectivity index (χ0v) is 11.9. The molecular formula is C11H23NO3S. The van der Waals surface area contributed by atoms with E-state index in [1.807, 2.05) is 13.8 Å². The first-order valence-corrected chi connectivity index (χ1v) is 6.84. The molecule has 0 aromatic carbocycles. The van der Waals surface area contributed by atoms with Crippen molar-refractivity contribution in [2.75, 3.05) is 7.05 Å². The summed E-state index contributed by atoms with van der Waals surface area (Å²) in [5.74, 6) is 0.0858. The Hall–Kier alpha value is -0.420. The Labute approximate surface area is 98.9 Å². The number of sulfonamides is 1. The SMILES string of the molecule is CNS(=O)(=O)C(C)(C)CC(C)(C)CC(C)=O. The summed E-state index contributed by atoms with van der Waals surface area (Å²) in [4.78, 5) is 11.1. The van der Waals surface area contributed by atoms with Gasteiger partial charge in [-0.25, -0.2) is 13.1 Å². The summed E-state index contributed by atoms with van der Waals surface area (Å²) >= 11 is 0. The third-order valence-corrected chi connectivity index (χ3v) is 4.76. The van der Waals surface area contributed by atoms with Crippen molar-refractivity contribution >= 4 is 15.8 Å². The summed E-state index contributed by atoms with van der Waals surface area (Å²) in [6.45, 7) is 8.73. The van der Waals surface area contributed by atoms with Gasteiger partial charge in [-0.2, -0.15) is 0 Å². The molecule has 0 aliphatic carbocycles. The Morgan fingerprint density at radius 2 is 1.62 bits per heavy atom. The summed E-state index contributed by atoms with van der Waals surface area (Å²) < 4.78 is 25.0. The lowest BCUT2D eigenvalue weighted by Gasteiger charge is -2.33. The van der Waals surface area contributed by atoms with E-state index in [0.717, 1.165) is 0 Å². The first kappa shape index (κ1) is 15.6. The van der Waals surface area contributed by atoms with Gasteiger partial charge in [-0.15, -0.1) is 0 Å². The molecule has 96 valence electrons. The maximum absolute atomic E-state index is 11.8. The van der Waals surface area contributed by atoms with Crippen molar-refractivity contribution in [2.45, 2.75) is 52.2 Å². The maximum Gasteiger partial charge on any atom is 0.216 e. The molecule has 0 fully saturated rings. The molecule has 0 radical (unpaired) electrons. The largest absolute Gasteiger partial charge is 0.300 e. The smallest absolute Gasteiger partial charge is 0.216 e. The number of hydrogen-bond donors (Lipinski definition) is 1. The highest BCUT2D eigenvalue weighted by Gasteiger charge is 2.38. The van der Waals surface area contributed by atoms with Crippen LogP contribution in [0.1, 0.15) is 47.5 Å². The van der Waals surface area contributed by atoms with Crippen LogP contribution in [0.5, 0.6) is 0 Å². The van der Waals surface area contributed by atoms with Gasteiger partial charge in [0, 0.05) is 6.42 Å². The minimum absolute atomic E-state index is 0.0858. The van der Waals surface area contributed by atoms with Crippen LogP contribution in [0.15, 0.2) is 0 Å². The molecule has 4 nitrogen and oxygen atoms in total. The second kappa shape index (κ2) is 4.84. The molecule has 0 spiro atoms. The van der Waals surface area contributed by atoms with Crippen molar-refractivity contribution in [2.24, 2.45) is 5.41 Å². The quantitative estimate of drug-likeness (QED) is 0.779. The third kappa shape index (κ3) is 4.22. The van der Waals surface area contributed by atoms with Crippen LogP contribution in [-0.4, -0.2) is 26.0 Å². The predicted octanol–water partition coefficient (Wildman–Crippen LogP) is 1.71. The second-order valence-electron chi connectivity index (χ2n) is 5.69. The van der Waals surface area contributed by atoms with E-state index in [-0.39, 0.29) is 11.2 Å². The Balaban J connectivity index is 4.90. The lowest BCUT2D eigenvalue weighted by molar-refractivity contribution is -0.119. The monoisotopic (exact) mass is 249 g/mol. The first-order valence-electron chi connectivity index (χ1n) is 5.36. The lowest BCUT2D eigenvalue weighted by Crippen LogP contribution is -2.43. The van der Waals surface area contributed by atoms with E-state index in [2.05, 4.69) is 4.72 Å². The first-order chi connectivity index (χ1) is 6.93. The molecule has 5 heteroatoms. The minimum Gasteiger partial charge on any atom is -0.300 e. The van der Waals surface area contributed by atoms with Gasteiger partial charge in [0.25, 0.3) is 0 Å². The van der Waals surface area contributed by atoms with Gasteiger partial charge >= 0.3 is 0 Å². The highest BCUT2D eigenvalue weighted by atomic mass is 32.2. The van der Waals surface area contributed by atoms with E-state index >= 15 is 0 Å². The van der Waals surface area contributed by atoms with Crippen LogP contribution in [0.3, 0.4) is 0 Å². The topological polar surface area (TPSA) is 63.2 Å². The van der Waals surface area contributed by atoms with Gasteiger partial charge in [0.2, 0.25) is 10.0 Å². The summed E-state index contributed by atoms with van der Waals surface area (Å²) in [7, 11) is -1.92. The van der Waals surface area contributed by atoms with Gasteiger partial charge in [-0.3, -0.25) is 0 Å². The fourth-order valence-electron chi connectivity index (χ4n) is 2.26. The molecule has 0 aromatic rings. The number of carbonyl (C=O) groups excluding carboxylic acids is 1. The zero-order valence-electron chi connectivity index (χ0n) is 11.0. The Bertz CT molecular complexity index is 355. The van der Waals surface area contributed by atoms with Crippen molar-refractivity contribution in [3.63, 3.8) is 0 Å². The number of nitrogens with one attached hydrogen (secondary N) is 1. The number of carbonyl (C=O) groups is 1. The normalized spacial score (nSPS) is 13.9. The number of ketones is 1. The van der Waals surface area contributed by atoms with Crippen LogP contribution in [0.25, 0.3) is 0 Å². The molecule has 0 aliphatic heterocycles. The predicted molar refractivity (Wildman–Crippen MR) is 65.8 cm³/mol. The van der Waals surface area contributed by atoms with E-state index in [4.69, 9.17) is 0 Å². The second-order valence-corrected chi connectivity index (χ2v) is 8.21. The van der Waals surface area contributed by atoms with Crippen molar-refractivity contribution in [1.82, 2.24) is 4.72 Å². The molecule has 0 saturated carbocycles. The van der Waals surface area contributed by atoms with E-state index in [1.54, 1.807) is 13.8 Å². The Kier molecular flexibility index (Phi) is 4.71. The Morgan fingerprint density at radius 1 is 1.19 bits per heavy atom. The molecular weight excluding hydrogens is 226 g/mol. The Morgan fingerprint density at radius 3 is 1.94 bits per heavy atom. The van der Waals surface area contributed by atoms with Crippen molar-refractivity contribution < 1.29 is 13.2 Å².